The third kappa shape index (κ3) is 4.21. The molecule has 0 radical (unpaired) electrons. The summed E-state index contributed by atoms with van der Waals surface area (Å²) in [4.78, 5) is 39.3. The van der Waals surface area contributed by atoms with E-state index in [0.717, 1.165) is 0 Å². The number of hydrogen-bond acceptors (Lipinski definition) is 8. The van der Waals surface area contributed by atoms with E-state index in [2.05, 4.69) is 6.07 Å². The number of esters is 2. The molecule has 1 unspecified atom stereocenters. The first-order chi connectivity index (χ1) is 15.9. The smallest absolute Gasteiger partial charge is 0.355 e. The van der Waals surface area contributed by atoms with Crippen molar-refractivity contribution in [3.8, 4) is 6.07 Å². The SMILES string of the molecule is CCC(=O)c1ccc(N2C(N)=C(C#N)C(c3ccccc3)C(C(=O)OC)=C2C(=O)OC)cc1. The van der Waals surface area contributed by atoms with Gasteiger partial charge in [-0.3, -0.25) is 9.69 Å². The van der Waals surface area contributed by atoms with Crippen molar-refractivity contribution in [2.24, 2.45) is 5.73 Å². The first-order valence-corrected chi connectivity index (χ1v) is 10.2. The van der Waals surface area contributed by atoms with Crippen molar-refractivity contribution >= 4 is 23.4 Å². The van der Waals surface area contributed by atoms with Gasteiger partial charge in [0.15, 0.2) is 5.78 Å². The Morgan fingerprint density at radius 3 is 2.12 bits per heavy atom. The van der Waals surface area contributed by atoms with Crippen LogP contribution in [0.4, 0.5) is 5.69 Å². The summed E-state index contributed by atoms with van der Waals surface area (Å²) in [6.45, 7) is 1.76. The second-order valence-corrected chi connectivity index (χ2v) is 7.16. The second kappa shape index (κ2) is 9.83. The fraction of sp³-hybridized carbons (Fsp3) is 0.200. The van der Waals surface area contributed by atoms with E-state index in [1.165, 1.54) is 19.1 Å². The topological polar surface area (TPSA) is 123 Å². The summed E-state index contributed by atoms with van der Waals surface area (Å²) < 4.78 is 9.98. The zero-order valence-corrected chi connectivity index (χ0v) is 18.5. The highest BCUT2D eigenvalue weighted by atomic mass is 16.5. The van der Waals surface area contributed by atoms with Gasteiger partial charge < -0.3 is 15.2 Å². The van der Waals surface area contributed by atoms with Crippen molar-refractivity contribution in [3.63, 3.8) is 0 Å². The first-order valence-electron chi connectivity index (χ1n) is 10.2. The Morgan fingerprint density at radius 1 is 1.00 bits per heavy atom. The first kappa shape index (κ1) is 23.3. The maximum Gasteiger partial charge on any atom is 0.355 e. The normalized spacial score (nSPS) is 15.7. The van der Waals surface area contributed by atoms with Gasteiger partial charge in [0.05, 0.1) is 37.4 Å². The van der Waals surface area contributed by atoms with E-state index in [9.17, 15) is 19.6 Å². The number of ketones is 1. The Kier molecular flexibility index (Phi) is 6.94. The average molecular weight is 445 g/mol. The summed E-state index contributed by atoms with van der Waals surface area (Å²) in [6.07, 6.45) is 0.336. The van der Waals surface area contributed by atoms with E-state index in [4.69, 9.17) is 15.2 Å². The summed E-state index contributed by atoms with van der Waals surface area (Å²) in [5.41, 5.74) is 7.71. The van der Waals surface area contributed by atoms with Gasteiger partial charge in [-0.15, -0.1) is 0 Å². The number of ether oxygens (including phenoxy) is 2. The minimum absolute atomic E-state index is 0.0334. The van der Waals surface area contributed by atoms with E-state index >= 15 is 0 Å². The van der Waals surface area contributed by atoms with Gasteiger partial charge in [-0.05, 0) is 29.8 Å². The van der Waals surface area contributed by atoms with Crippen molar-refractivity contribution in [3.05, 3.63) is 88.4 Å². The highest BCUT2D eigenvalue weighted by Gasteiger charge is 2.42. The van der Waals surface area contributed by atoms with E-state index in [-0.39, 0.29) is 28.4 Å². The van der Waals surface area contributed by atoms with E-state index in [1.807, 2.05) is 0 Å². The third-order valence-corrected chi connectivity index (χ3v) is 5.38. The minimum atomic E-state index is -0.935. The molecule has 0 saturated heterocycles. The van der Waals surface area contributed by atoms with Crippen LogP contribution in [0, 0.1) is 11.3 Å². The van der Waals surface area contributed by atoms with Crippen LogP contribution in [0.1, 0.15) is 35.2 Å². The minimum Gasteiger partial charge on any atom is -0.466 e. The Hall–Kier alpha value is -4.38. The zero-order chi connectivity index (χ0) is 24.1. The van der Waals surface area contributed by atoms with Crippen molar-refractivity contribution in [2.45, 2.75) is 19.3 Å². The number of allylic oxidation sites excluding steroid dienone is 1. The lowest BCUT2D eigenvalue weighted by Crippen LogP contribution is -2.40. The summed E-state index contributed by atoms with van der Waals surface area (Å²) in [6, 6.07) is 17.2. The molecule has 0 saturated carbocycles. The molecule has 33 heavy (non-hydrogen) atoms. The van der Waals surface area contributed by atoms with Crippen molar-refractivity contribution in [2.75, 3.05) is 19.1 Å². The van der Waals surface area contributed by atoms with Crippen molar-refractivity contribution in [1.82, 2.24) is 0 Å². The van der Waals surface area contributed by atoms with Gasteiger partial charge in [-0.2, -0.15) is 5.26 Å². The van der Waals surface area contributed by atoms with Crippen LogP contribution in [0.15, 0.2) is 77.3 Å². The third-order valence-electron chi connectivity index (χ3n) is 5.38. The predicted octanol–water partition coefficient (Wildman–Crippen LogP) is 3.18. The van der Waals surface area contributed by atoms with Gasteiger partial charge in [0, 0.05) is 17.7 Å². The number of hydrogen-bond donors (Lipinski definition) is 1. The molecule has 2 N–H and O–H groups in total. The number of benzene rings is 2. The quantitative estimate of drug-likeness (QED) is 0.531. The summed E-state index contributed by atoms with van der Waals surface area (Å²) in [5.74, 6) is -2.65. The molecular weight excluding hydrogens is 422 g/mol. The molecule has 1 aliphatic rings. The number of carbonyl (C=O) groups is 3. The Bertz CT molecular complexity index is 1190. The number of nitrogens with two attached hydrogens (primary N) is 1. The lowest BCUT2D eigenvalue weighted by Gasteiger charge is -2.35. The summed E-state index contributed by atoms with van der Waals surface area (Å²) in [5, 5.41) is 10.0. The molecular formula is C25H23N3O5. The molecule has 0 amide bonds. The Labute approximate surface area is 191 Å². The molecule has 0 bridgehead atoms. The molecule has 0 spiro atoms. The number of methoxy groups -OCH3 is 2. The molecule has 0 aromatic heterocycles. The van der Waals surface area contributed by atoms with E-state index in [0.29, 0.717) is 23.2 Å². The molecule has 3 rings (SSSR count). The number of Topliss-reactive ketones (excluding diaryl/α,β-unsaturated/α-hetero) is 1. The van der Waals surface area contributed by atoms with Gasteiger partial charge in [0.25, 0.3) is 0 Å². The number of anilines is 1. The molecule has 168 valence electrons. The standard InChI is InChI=1S/C25H23N3O5/c1-4-19(29)15-10-12-17(13-11-15)28-22(25(31)33-3)21(24(30)32-2)20(18(14-26)23(28)27)16-8-6-5-7-9-16/h5-13,20H,4,27H2,1-3H3. The second-order valence-electron chi connectivity index (χ2n) is 7.16. The van der Waals surface area contributed by atoms with Crippen LogP contribution in [0.3, 0.4) is 0 Å². The molecule has 8 heteroatoms. The molecule has 0 fully saturated rings. The number of nitrogens with zero attached hydrogens (tertiary/aromatic N) is 2. The van der Waals surface area contributed by atoms with Gasteiger partial charge in [-0.1, -0.05) is 37.3 Å². The van der Waals surface area contributed by atoms with Crippen LogP contribution in [0.2, 0.25) is 0 Å². The van der Waals surface area contributed by atoms with Gasteiger partial charge >= 0.3 is 11.9 Å². The zero-order valence-electron chi connectivity index (χ0n) is 18.5. The average Bonchev–Trinajstić information content (AvgIpc) is 2.87. The largest absolute Gasteiger partial charge is 0.466 e. The monoisotopic (exact) mass is 445 g/mol. The molecule has 1 atom stereocenters. The van der Waals surface area contributed by atoms with Crippen LogP contribution in [0.5, 0.6) is 0 Å². The van der Waals surface area contributed by atoms with Gasteiger partial charge in [-0.25, -0.2) is 9.59 Å². The fourth-order valence-electron chi connectivity index (χ4n) is 3.78. The molecule has 2 aromatic rings. The lowest BCUT2D eigenvalue weighted by atomic mass is 9.81. The predicted molar refractivity (Wildman–Crippen MR) is 121 cm³/mol. The molecule has 8 nitrogen and oxygen atoms in total. The van der Waals surface area contributed by atoms with Crippen molar-refractivity contribution in [1.29, 1.82) is 5.26 Å². The highest BCUT2D eigenvalue weighted by Crippen LogP contribution is 2.43. The lowest BCUT2D eigenvalue weighted by molar-refractivity contribution is -0.139. The van der Waals surface area contributed by atoms with Crippen LogP contribution < -0.4 is 10.6 Å². The van der Waals surface area contributed by atoms with Crippen molar-refractivity contribution < 1.29 is 23.9 Å². The number of carbonyl (C=O) groups excluding carboxylic acids is 3. The summed E-state index contributed by atoms with van der Waals surface area (Å²) in [7, 11) is 2.37. The van der Waals surface area contributed by atoms with Crippen LogP contribution in [-0.2, 0) is 19.1 Å². The molecule has 0 aliphatic carbocycles. The van der Waals surface area contributed by atoms with Crippen LogP contribution >= 0.6 is 0 Å². The van der Waals surface area contributed by atoms with Crippen LogP contribution in [0.25, 0.3) is 0 Å². The van der Waals surface area contributed by atoms with Crippen LogP contribution in [-0.4, -0.2) is 31.9 Å². The highest BCUT2D eigenvalue weighted by molar-refractivity contribution is 6.06. The van der Waals surface area contributed by atoms with E-state index in [1.54, 1.807) is 61.5 Å². The van der Waals surface area contributed by atoms with Gasteiger partial charge in [0.2, 0.25) is 0 Å². The Balaban J connectivity index is 2.33. The molecule has 1 heterocycles. The molecule has 1 aliphatic heterocycles. The summed E-state index contributed by atoms with van der Waals surface area (Å²) >= 11 is 0. The molecule has 2 aromatic carbocycles. The Morgan fingerprint density at radius 2 is 1.61 bits per heavy atom. The maximum absolute atomic E-state index is 13.0. The van der Waals surface area contributed by atoms with E-state index < -0.39 is 17.9 Å². The van der Waals surface area contributed by atoms with Gasteiger partial charge in [0.1, 0.15) is 11.5 Å². The number of rotatable bonds is 6. The fourth-order valence-corrected chi connectivity index (χ4v) is 3.78. The number of nitriles is 1. The maximum atomic E-state index is 13.0.